The zero-order valence-corrected chi connectivity index (χ0v) is 16.1. The summed E-state index contributed by atoms with van der Waals surface area (Å²) in [7, 11) is 0. The molecule has 7 heteroatoms. The Morgan fingerprint density at radius 3 is 2.69 bits per heavy atom. The van der Waals surface area contributed by atoms with E-state index in [1.165, 1.54) is 0 Å². The number of rotatable bonds is 7. The molecule has 0 fully saturated rings. The van der Waals surface area contributed by atoms with Gasteiger partial charge in [-0.25, -0.2) is 4.98 Å². The van der Waals surface area contributed by atoms with Gasteiger partial charge in [-0.1, -0.05) is 29.8 Å². The minimum Gasteiger partial charge on any atom is -0.457 e. The fourth-order valence-corrected chi connectivity index (χ4v) is 3.34. The van der Waals surface area contributed by atoms with Crippen LogP contribution in [0.15, 0.2) is 67.0 Å². The number of aromatic nitrogens is 2. The summed E-state index contributed by atoms with van der Waals surface area (Å²) in [6.07, 6.45) is 3.25. The lowest BCUT2D eigenvalue weighted by molar-refractivity contribution is 0.104. The molecule has 0 aliphatic rings. The molecule has 4 rings (SSSR count). The summed E-state index contributed by atoms with van der Waals surface area (Å²) in [4.78, 5) is 20.5. The number of fused-ring (bicyclic) bond motifs is 1. The van der Waals surface area contributed by atoms with Crippen LogP contribution in [0.1, 0.15) is 15.9 Å². The van der Waals surface area contributed by atoms with Crippen LogP contribution in [-0.2, 0) is 0 Å². The number of hydrogen-bond acceptors (Lipinski definition) is 5. The highest BCUT2D eigenvalue weighted by Gasteiger charge is 2.20. The molecule has 0 bridgehead atoms. The number of aromatic amines is 1. The SMILES string of the molecule is O=C(c1ccc(Oc2ccccc2)cc1Cl)c1c[nH]c2nccc(NCCO)c12. The Morgan fingerprint density at radius 1 is 1.10 bits per heavy atom. The van der Waals surface area contributed by atoms with E-state index in [1.807, 2.05) is 30.3 Å². The van der Waals surface area contributed by atoms with E-state index in [4.69, 9.17) is 21.4 Å². The van der Waals surface area contributed by atoms with E-state index < -0.39 is 0 Å². The van der Waals surface area contributed by atoms with Crippen molar-refractivity contribution in [3.05, 3.63) is 83.1 Å². The summed E-state index contributed by atoms with van der Waals surface area (Å²) < 4.78 is 5.77. The molecule has 6 nitrogen and oxygen atoms in total. The summed E-state index contributed by atoms with van der Waals surface area (Å²) in [6, 6.07) is 16.1. The maximum absolute atomic E-state index is 13.2. The minimum absolute atomic E-state index is 0.0216. The summed E-state index contributed by atoms with van der Waals surface area (Å²) in [6.45, 7) is 0.344. The number of ether oxygens (including phenoxy) is 1. The van der Waals surface area contributed by atoms with Crippen molar-refractivity contribution in [1.29, 1.82) is 0 Å². The Kier molecular flexibility index (Phi) is 5.46. The molecular weight excluding hydrogens is 390 g/mol. The van der Waals surface area contributed by atoms with Crippen LogP contribution in [0.5, 0.6) is 11.5 Å². The van der Waals surface area contributed by atoms with Gasteiger partial charge in [0.1, 0.15) is 17.1 Å². The summed E-state index contributed by atoms with van der Waals surface area (Å²) in [5.74, 6) is 1.00. The van der Waals surface area contributed by atoms with E-state index in [9.17, 15) is 4.79 Å². The number of carbonyl (C=O) groups excluding carboxylic acids is 1. The van der Waals surface area contributed by atoms with Crippen LogP contribution in [0.4, 0.5) is 5.69 Å². The molecule has 29 heavy (non-hydrogen) atoms. The van der Waals surface area contributed by atoms with Crippen molar-refractivity contribution < 1.29 is 14.6 Å². The van der Waals surface area contributed by atoms with Crippen molar-refractivity contribution in [2.24, 2.45) is 0 Å². The zero-order chi connectivity index (χ0) is 20.2. The summed E-state index contributed by atoms with van der Waals surface area (Å²) in [5.41, 5.74) is 2.11. The van der Waals surface area contributed by atoms with Crippen molar-refractivity contribution >= 4 is 34.1 Å². The lowest BCUT2D eigenvalue weighted by Crippen LogP contribution is -2.07. The normalized spacial score (nSPS) is 10.8. The molecule has 0 aliphatic heterocycles. The van der Waals surface area contributed by atoms with Crippen LogP contribution >= 0.6 is 11.6 Å². The Hall–Kier alpha value is -3.35. The minimum atomic E-state index is -0.229. The van der Waals surface area contributed by atoms with Gasteiger partial charge in [-0.05, 0) is 30.3 Å². The second kappa shape index (κ2) is 8.34. The van der Waals surface area contributed by atoms with Gasteiger partial charge in [0.05, 0.1) is 22.6 Å². The number of halogens is 1. The van der Waals surface area contributed by atoms with Gasteiger partial charge in [-0.2, -0.15) is 0 Å². The van der Waals surface area contributed by atoms with Gasteiger partial charge in [0, 0.05) is 36.3 Å². The van der Waals surface area contributed by atoms with Crippen molar-refractivity contribution in [2.75, 3.05) is 18.5 Å². The van der Waals surface area contributed by atoms with Crippen LogP contribution in [0.2, 0.25) is 5.02 Å². The molecule has 2 aromatic heterocycles. The van der Waals surface area contributed by atoms with E-state index in [-0.39, 0.29) is 12.4 Å². The number of nitrogens with zero attached hydrogens (tertiary/aromatic N) is 1. The van der Waals surface area contributed by atoms with Crippen molar-refractivity contribution in [3.8, 4) is 11.5 Å². The molecule has 0 saturated heterocycles. The lowest BCUT2D eigenvalue weighted by atomic mass is 10.0. The first-order chi connectivity index (χ1) is 14.2. The number of ketones is 1. The second-order valence-corrected chi connectivity index (χ2v) is 6.73. The van der Waals surface area contributed by atoms with Gasteiger partial charge in [-0.15, -0.1) is 0 Å². The van der Waals surface area contributed by atoms with E-state index in [0.29, 0.717) is 50.9 Å². The smallest absolute Gasteiger partial charge is 0.196 e. The van der Waals surface area contributed by atoms with Gasteiger partial charge in [0.15, 0.2) is 5.78 Å². The van der Waals surface area contributed by atoms with Crippen LogP contribution in [0, 0.1) is 0 Å². The fourth-order valence-electron chi connectivity index (χ4n) is 3.09. The highest BCUT2D eigenvalue weighted by Crippen LogP contribution is 2.31. The molecule has 0 radical (unpaired) electrons. The molecular formula is C22H18ClN3O3. The van der Waals surface area contributed by atoms with E-state index in [0.717, 1.165) is 0 Å². The molecule has 0 unspecified atom stereocenters. The van der Waals surface area contributed by atoms with Crippen molar-refractivity contribution in [2.45, 2.75) is 0 Å². The number of H-pyrrole nitrogens is 1. The van der Waals surface area contributed by atoms with Crippen LogP contribution in [0.3, 0.4) is 0 Å². The highest BCUT2D eigenvalue weighted by atomic mass is 35.5. The second-order valence-electron chi connectivity index (χ2n) is 6.32. The van der Waals surface area contributed by atoms with Gasteiger partial charge < -0.3 is 20.1 Å². The molecule has 146 valence electrons. The van der Waals surface area contributed by atoms with Crippen LogP contribution < -0.4 is 10.1 Å². The monoisotopic (exact) mass is 407 g/mol. The number of nitrogens with one attached hydrogen (secondary N) is 2. The molecule has 0 saturated carbocycles. The number of aliphatic hydroxyl groups excluding tert-OH is 1. The van der Waals surface area contributed by atoms with Gasteiger partial charge in [-0.3, -0.25) is 4.79 Å². The van der Waals surface area contributed by atoms with Crippen molar-refractivity contribution in [3.63, 3.8) is 0 Å². The molecule has 2 aromatic carbocycles. The van der Waals surface area contributed by atoms with Crippen molar-refractivity contribution in [1.82, 2.24) is 9.97 Å². The van der Waals surface area contributed by atoms with Crippen LogP contribution in [0.25, 0.3) is 11.0 Å². The molecule has 3 N–H and O–H groups in total. The average Bonchev–Trinajstić information content (AvgIpc) is 3.17. The Labute approximate surface area is 172 Å². The Bertz CT molecular complexity index is 1160. The maximum atomic E-state index is 13.2. The number of benzene rings is 2. The van der Waals surface area contributed by atoms with E-state index >= 15 is 0 Å². The van der Waals surface area contributed by atoms with Crippen LogP contribution in [-0.4, -0.2) is 34.0 Å². The first-order valence-electron chi connectivity index (χ1n) is 9.05. The number of anilines is 1. The molecule has 2 heterocycles. The molecule has 0 spiro atoms. The summed E-state index contributed by atoms with van der Waals surface area (Å²) >= 11 is 6.41. The topological polar surface area (TPSA) is 87.2 Å². The number of carbonyl (C=O) groups is 1. The quantitative estimate of drug-likeness (QED) is 0.388. The number of hydrogen-bond donors (Lipinski definition) is 3. The molecule has 0 amide bonds. The first kappa shape index (κ1) is 19.0. The largest absolute Gasteiger partial charge is 0.457 e. The lowest BCUT2D eigenvalue weighted by Gasteiger charge is -2.10. The molecule has 4 aromatic rings. The zero-order valence-electron chi connectivity index (χ0n) is 15.4. The maximum Gasteiger partial charge on any atom is 0.196 e. The van der Waals surface area contributed by atoms with Gasteiger partial charge in [0.25, 0.3) is 0 Å². The number of para-hydroxylation sites is 1. The number of aliphatic hydroxyl groups is 1. The van der Waals surface area contributed by atoms with E-state index in [2.05, 4.69) is 15.3 Å². The third-order valence-corrected chi connectivity index (χ3v) is 4.72. The molecule has 0 atom stereocenters. The third kappa shape index (κ3) is 3.94. The molecule has 0 aliphatic carbocycles. The fraction of sp³-hybridized carbons (Fsp3) is 0.0909. The Morgan fingerprint density at radius 2 is 1.93 bits per heavy atom. The van der Waals surface area contributed by atoms with Gasteiger partial charge >= 0.3 is 0 Å². The van der Waals surface area contributed by atoms with Gasteiger partial charge in [0.2, 0.25) is 0 Å². The predicted octanol–water partition coefficient (Wildman–Crippen LogP) is 4.64. The van der Waals surface area contributed by atoms with E-state index in [1.54, 1.807) is 36.7 Å². The predicted molar refractivity (Wildman–Crippen MR) is 113 cm³/mol. The summed E-state index contributed by atoms with van der Waals surface area (Å²) in [5, 5.41) is 13.2. The first-order valence-corrected chi connectivity index (χ1v) is 9.43. The standard InChI is InChI=1S/C22H18ClN3O3/c23-18-12-15(29-14-4-2-1-3-5-14)6-7-16(18)21(28)17-13-26-22-20(17)19(8-9-25-22)24-10-11-27/h1-9,12-13,27H,10-11H2,(H2,24,25,26). The average molecular weight is 408 g/mol. The highest BCUT2D eigenvalue weighted by molar-refractivity contribution is 6.35. The third-order valence-electron chi connectivity index (χ3n) is 4.41. The number of pyridine rings is 1. The Balaban J connectivity index is 1.66.